The van der Waals surface area contributed by atoms with Crippen molar-refractivity contribution in [1.82, 2.24) is 9.78 Å². The van der Waals surface area contributed by atoms with E-state index in [0.29, 0.717) is 17.2 Å². The van der Waals surface area contributed by atoms with Crippen LogP contribution in [0.15, 0.2) is 30.3 Å². The van der Waals surface area contributed by atoms with E-state index < -0.39 is 17.7 Å². The Morgan fingerprint density at radius 1 is 1.36 bits per heavy atom. The van der Waals surface area contributed by atoms with Gasteiger partial charge in [-0.3, -0.25) is 4.68 Å². The normalized spacial score (nSPS) is 15.0. The maximum absolute atomic E-state index is 12.7. The van der Waals surface area contributed by atoms with Gasteiger partial charge in [-0.25, -0.2) is 4.79 Å². The van der Waals surface area contributed by atoms with Gasteiger partial charge in [0.05, 0.1) is 23.5 Å². The van der Waals surface area contributed by atoms with Crippen molar-refractivity contribution in [1.29, 1.82) is 0 Å². The molecule has 1 aromatic carbocycles. The fourth-order valence-electron chi connectivity index (χ4n) is 2.46. The number of hydrogen-bond acceptors (Lipinski definition) is 2. The number of rotatable bonds is 5. The number of carbonyl (C=O) groups is 1. The van der Waals surface area contributed by atoms with Gasteiger partial charge in [0.1, 0.15) is 0 Å². The third-order valence-corrected chi connectivity index (χ3v) is 4.27. The van der Waals surface area contributed by atoms with Crippen LogP contribution < -0.4 is 0 Å². The zero-order chi connectivity index (χ0) is 18.2. The SMILES string of the molecule is O=C(O)C=Cc1cc(C2CC2)nn1Cc1ccc(C(F)(F)F)cc1Cl. The molecule has 1 aliphatic carbocycles. The zero-order valence-corrected chi connectivity index (χ0v) is 13.7. The Hall–Kier alpha value is -2.28. The molecule has 0 saturated heterocycles. The molecule has 132 valence electrons. The Morgan fingerprint density at radius 2 is 2.08 bits per heavy atom. The smallest absolute Gasteiger partial charge is 0.416 e. The molecule has 0 bridgehead atoms. The minimum Gasteiger partial charge on any atom is -0.478 e. The van der Waals surface area contributed by atoms with Gasteiger partial charge >= 0.3 is 12.1 Å². The Morgan fingerprint density at radius 3 is 2.64 bits per heavy atom. The van der Waals surface area contributed by atoms with Crippen molar-refractivity contribution in [3.63, 3.8) is 0 Å². The van der Waals surface area contributed by atoms with Gasteiger partial charge in [0, 0.05) is 17.0 Å². The number of nitrogens with zero attached hydrogens (tertiary/aromatic N) is 2. The fourth-order valence-corrected chi connectivity index (χ4v) is 2.70. The van der Waals surface area contributed by atoms with Gasteiger partial charge in [-0.1, -0.05) is 17.7 Å². The molecule has 8 heteroatoms. The summed E-state index contributed by atoms with van der Waals surface area (Å²) in [5, 5.41) is 13.2. The van der Waals surface area contributed by atoms with Crippen LogP contribution in [0.3, 0.4) is 0 Å². The largest absolute Gasteiger partial charge is 0.478 e. The van der Waals surface area contributed by atoms with E-state index in [1.807, 2.05) is 0 Å². The zero-order valence-electron chi connectivity index (χ0n) is 12.9. The Labute approximate surface area is 146 Å². The number of aliphatic carboxylic acids is 1. The molecule has 1 saturated carbocycles. The highest BCUT2D eigenvalue weighted by atomic mass is 35.5. The molecule has 25 heavy (non-hydrogen) atoms. The Bertz CT molecular complexity index is 839. The molecule has 1 N–H and O–H groups in total. The maximum atomic E-state index is 12.7. The standard InChI is InChI=1S/C17H14ClF3N2O2/c18-14-7-12(17(19,20)21)4-3-11(14)9-23-13(5-6-16(24)25)8-15(22-23)10-1-2-10/h3-8,10H,1-2,9H2,(H,24,25). The summed E-state index contributed by atoms with van der Waals surface area (Å²) in [4.78, 5) is 10.7. The lowest BCUT2D eigenvalue weighted by atomic mass is 10.1. The van der Waals surface area contributed by atoms with E-state index in [2.05, 4.69) is 5.10 Å². The quantitative estimate of drug-likeness (QED) is 0.784. The second-order valence-electron chi connectivity index (χ2n) is 5.90. The van der Waals surface area contributed by atoms with E-state index in [-0.39, 0.29) is 11.6 Å². The number of alkyl halides is 3. The van der Waals surface area contributed by atoms with E-state index >= 15 is 0 Å². The van der Waals surface area contributed by atoms with Gasteiger partial charge in [-0.2, -0.15) is 18.3 Å². The Kier molecular flexibility index (Phi) is 4.60. The van der Waals surface area contributed by atoms with Crippen molar-refractivity contribution in [2.45, 2.75) is 31.5 Å². The van der Waals surface area contributed by atoms with Crippen LogP contribution in [0.4, 0.5) is 13.2 Å². The van der Waals surface area contributed by atoms with Crippen molar-refractivity contribution in [2.24, 2.45) is 0 Å². The topological polar surface area (TPSA) is 55.1 Å². The average molecular weight is 371 g/mol. The third-order valence-electron chi connectivity index (χ3n) is 3.92. The van der Waals surface area contributed by atoms with Gasteiger partial charge in [-0.15, -0.1) is 0 Å². The number of carboxylic acid groups (broad SMARTS) is 1. The third kappa shape index (κ3) is 4.22. The molecule has 0 spiro atoms. The number of aromatic nitrogens is 2. The van der Waals surface area contributed by atoms with E-state index in [1.165, 1.54) is 12.1 Å². The molecule has 0 amide bonds. The molecule has 1 fully saturated rings. The van der Waals surface area contributed by atoms with Crippen molar-refractivity contribution >= 4 is 23.6 Å². The van der Waals surface area contributed by atoms with Gasteiger partial charge in [0.15, 0.2) is 0 Å². The van der Waals surface area contributed by atoms with Crippen molar-refractivity contribution in [3.8, 4) is 0 Å². The van der Waals surface area contributed by atoms with Crippen molar-refractivity contribution in [2.75, 3.05) is 0 Å². The maximum Gasteiger partial charge on any atom is 0.416 e. The summed E-state index contributed by atoms with van der Waals surface area (Å²) in [6.07, 6.45) is 0.0143. The minimum absolute atomic E-state index is 0.00791. The first-order valence-electron chi connectivity index (χ1n) is 7.58. The van der Waals surface area contributed by atoms with E-state index in [1.54, 1.807) is 10.7 Å². The molecule has 3 rings (SSSR count). The molecular weight excluding hydrogens is 357 g/mol. The summed E-state index contributed by atoms with van der Waals surface area (Å²) in [7, 11) is 0. The lowest BCUT2D eigenvalue weighted by molar-refractivity contribution is -0.137. The highest BCUT2D eigenvalue weighted by Crippen LogP contribution is 2.39. The second kappa shape index (κ2) is 6.55. The fraction of sp³-hybridized carbons (Fsp3) is 0.294. The molecule has 1 heterocycles. The summed E-state index contributed by atoms with van der Waals surface area (Å²) < 4.78 is 39.7. The molecular formula is C17H14ClF3N2O2. The van der Waals surface area contributed by atoms with Crippen LogP contribution in [0.5, 0.6) is 0 Å². The van der Waals surface area contributed by atoms with Gasteiger partial charge in [0.25, 0.3) is 0 Å². The number of benzene rings is 1. The second-order valence-corrected chi connectivity index (χ2v) is 6.31. The lowest BCUT2D eigenvalue weighted by Crippen LogP contribution is -2.08. The molecule has 1 aromatic heterocycles. The minimum atomic E-state index is -4.46. The summed E-state index contributed by atoms with van der Waals surface area (Å²) in [6, 6.07) is 4.97. The van der Waals surface area contributed by atoms with Crippen LogP contribution in [0.1, 0.15) is 41.3 Å². The molecule has 0 atom stereocenters. The van der Waals surface area contributed by atoms with Crippen LogP contribution in [-0.2, 0) is 17.5 Å². The summed E-state index contributed by atoms with van der Waals surface area (Å²) >= 11 is 5.99. The first-order chi connectivity index (χ1) is 11.7. The monoisotopic (exact) mass is 370 g/mol. The predicted octanol–water partition coefficient (Wildman–Crippen LogP) is 4.58. The van der Waals surface area contributed by atoms with Crippen LogP contribution in [0.25, 0.3) is 6.08 Å². The van der Waals surface area contributed by atoms with E-state index in [9.17, 15) is 18.0 Å². The van der Waals surface area contributed by atoms with Gasteiger partial charge in [-0.05, 0) is 42.7 Å². The number of halogens is 4. The van der Waals surface area contributed by atoms with Crippen LogP contribution >= 0.6 is 11.6 Å². The lowest BCUT2D eigenvalue weighted by Gasteiger charge is -2.11. The Balaban J connectivity index is 1.90. The first-order valence-corrected chi connectivity index (χ1v) is 7.96. The van der Waals surface area contributed by atoms with E-state index in [0.717, 1.165) is 36.7 Å². The summed E-state index contributed by atoms with van der Waals surface area (Å²) in [6.45, 7) is 0.156. The molecule has 0 aliphatic heterocycles. The predicted molar refractivity (Wildman–Crippen MR) is 86.4 cm³/mol. The summed E-state index contributed by atoms with van der Waals surface area (Å²) in [5.41, 5.74) is 1.09. The molecule has 0 radical (unpaired) electrons. The molecule has 4 nitrogen and oxygen atoms in total. The van der Waals surface area contributed by atoms with Crippen LogP contribution in [0, 0.1) is 0 Å². The molecule has 1 aliphatic rings. The first kappa shape index (κ1) is 17.5. The van der Waals surface area contributed by atoms with Gasteiger partial charge in [0.2, 0.25) is 0 Å². The summed E-state index contributed by atoms with van der Waals surface area (Å²) in [5.74, 6) is -0.727. The van der Waals surface area contributed by atoms with E-state index in [4.69, 9.17) is 16.7 Å². The van der Waals surface area contributed by atoms with Crippen molar-refractivity contribution < 1.29 is 23.1 Å². The highest BCUT2D eigenvalue weighted by molar-refractivity contribution is 6.31. The highest BCUT2D eigenvalue weighted by Gasteiger charge is 2.31. The van der Waals surface area contributed by atoms with Crippen LogP contribution in [-0.4, -0.2) is 20.9 Å². The van der Waals surface area contributed by atoms with Crippen molar-refractivity contribution in [3.05, 3.63) is 57.9 Å². The van der Waals surface area contributed by atoms with Crippen LogP contribution in [0.2, 0.25) is 5.02 Å². The number of carboxylic acids is 1. The molecule has 0 unspecified atom stereocenters. The average Bonchev–Trinajstić information content (AvgIpc) is 3.28. The number of hydrogen-bond donors (Lipinski definition) is 1. The molecule has 2 aromatic rings. The van der Waals surface area contributed by atoms with Gasteiger partial charge < -0.3 is 5.11 Å².